The highest BCUT2D eigenvalue weighted by atomic mass is 16.5. The van der Waals surface area contributed by atoms with Crippen molar-refractivity contribution in [2.45, 2.75) is 122 Å². The van der Waals surface area contributed by atoms with Crippen LogP contribution in [0, 0.1) is 0 Å². The molecule has 0 aromatic heterocycles. The van der Waals surface area contributed by atoms with Crippen LogP contribution in [-0.2, 0) is 9.53 Å². The summed E-state index contributed by atoms with van der Waals surface area (Å²) < 4.78 is 4.86. The van der Waals surface area contributed by atoms with Gasteiger partial charge in [0.05, 0.1) is 19.3 Å². The number of aliphatic hydroxyl groups excluding tert-OH is 5. The summed E-state index contributed by atoms with van der Waals surface area (Å²) in [5.41, 5.74) is 0. The molecule has 198 valence electrons. The number of esters is 1. The molecule has 0 radical (unpaired) electrons. The van der Waals surface area contributed by atoms with Gasteiger partial charge in [0, 0.05) is 13.0 Å². The van der Waals surface area contributed by atoms with Crippen LogP contribution < -0.4 is 0 Å². The average molecular weight is 477 g/mol. The van der Waals surface area contributed by atoms with E-state index in [1.165, 1.54) is 44.9 Å². The summed E-state index contributed by atoms with van der Waals surface area (Å²) in [7, 11) is 0. The maximum atomic E-state index is 11.4. The van der Waals surface area contributed by atoms with Crippen LogP contribution in [0.5, 0.6) is 0 Å². The quantitative estimate of drug-likeness (QED) is 0.0906. The fraction of sp³-hybridized carbons (Fsp3) is 0.885. The summed E-state index contributed by atoms with van der Waals surface area (Å²) in [4.78, 5) is 11.4. The number of ether oxygens (including phenoxy) is 1. The lowest BCUT2D eigenvalue weighted by Crippen LogP contribution is -2.21. The molecule has 0 aliphatic carbocycles. The summed E-state index contributed by atoms with van der Waals surface area (Å²) >= 11 is 0. The Hall–Kier alpha value is -0.990. The molecule has 0 aromatic carbocycles. The Bertz CT molecular complexity index is 415. The predicted octanol–water partition coefficient (Wildman–Crippen LogP) is 4.03. The second kappa shape index (κ2) is 29.0. The summed E-state index contributed by atoms with van der Waals surface area (Å²) in [6, 6.07) is 0. The fourth-order valence-electron chi connectivity index (χ4n) is 3.23. The molecule has 0 spiro atoms. The Balaban J connectivity index is 0. The minimum atomic E-state index is -0.975. The number of carbonyl (C=O) groups is 1. The molecule has 0 amide bonds. The lowest BCUT2D eigenvalue weighted by Gasteiger charge is -2.08. The van der Waals surface area contributed by atoms with E-state index in [9.17, 15) is 9.90 Å². The lowest BCUT2D eigenvalue weighted by molar-refractivity contribution is -0.147. The van der Waals surface area contributed by atoms with Gasteiger partial charge in [-0.1, -0.05) is 69.9 Å². The Kier molecular flexibility index (Phi) is 30.1. The van der Waals surface area contributed by atoms with Gasteiger partial charge in [-0.2, -0.15) is 0 Å². The van der Waals surface area contributed by atoms with Gasteiger partial charge >= 0.3 is 5.97 Å². The number of hydrogen-bond donors (Lipinski definition) is 5. The van der Waals surface area contributed by atoms with Crippen molar-refractivity contribution < 1.29 is 35.1 Å². The van der Waals surface area contributed by atoms with Gasteiger partial charge < -0.3 is 30.3 Å². The summed E-state index contributed by atoms with van der Waals surface area (Å²) in [6.45, 7) is 1.30. The van der Waals surface area contributed by atoms with Crippen molar-refractivity contribution in [1.82, 2.24) is 0 Å². The van der Waals surface area contributed by atoms with E-state index in [0.717, 1.165) is 44.9 Å². The minimum absolute atomic E-state index is 0.119. The first-order chi connectivity index (χ1) is 16.0. The van der Waals surface area contributed by atoms with E-state index in [0.29, 0.717) is 12.8 Å². The molecule has 0 fully saturated rings. The molecule has 0 bridgehead atoms. The van der Waals surface area contributed by atoms with Gasteiger partial charge in [0.1, 0.15) is 12.7 Å². The topological polar surface area (TPSA) is 127 Å². The molecule has 0 heterocycles. The molecule has 0 aliphatic heterocycles. The van der Waals surface area contributed by atoms with Crippen molar-refractivity contribution in [3.8, 4) is 0 Å². The average Bonchev–Trinajstić information content (AvgIpc) is 2.81. The van der Waals surface area contributed by atoms with E-state index in [4.69, 9.17) is 25.2 Å². The van der Waals surface area contributed by atoms with Crippen molar-refractivity contribution >= 4 is 5.97 Å². The summed E-state index contributed by atoms with van der Waals surface area (Å²) in [5, 5.41) is 43.3. The van der Waals surface area contributed by atoms with Crippen LogP contribution in [0.1, 0.15) is 110 Å². The molecule has 0 aliphatic rings. The first kappa shape index (κ1) is 34.2. The molecule has 0 saturated carbocycles. The van der Waals surface area contributed by atoms with Gasteiger partial charge in [0.2, 0.25) is 0 Å². The molecular formula is C26H52O7. The van der Waals surface area contributed by atoms with Gasteiger partial charge in [-0.3, -0.25) is 4.79 Å². The zero-order chi connectivity index (χ0) is 25.0. The van der Waals surface area contributed by atoms with Crippen LogP contribution in [0.4, 0.5) is 0 Å². The molecule has 0 rings (SSSR count). The predicted molar refractivity (Wildman–Crippen MR) is 133 cm³/mol. The number of hydrogen-bond acceptors (Lipinski definition) is 7. The van der Waals surface area contributed by atoms with Gasteiger partial charge in [-0.15, -0.1) is 0 Å². The van der Waals surface area contributed by atoms with Crippen molar-refractivity contribution in [2.24, 2.45) is 0 Å². The van der Waals surface area contributed by atoms with E-state index < -0.39 is 12.2 Å². The van der Waals surface area contributed by atoms with Gasteiger partial charge in [0.15, 0.2) is 0 Å². The molecule has 2 atom stereocenters. The van der Waals surface area contributed by atoms with Crippen molar-refractivity contribution in [3.05, 3.63) is 12.2 Å². The third-order valence-electron chi connectivity index (χ3n) is 5.18. The molecule has 33 heavy (non-hydrogen) atoms. The SMILES string of the molecule is CCO.O=C(CCCCCCC/C=C\CCCCCCCCCC(O)CO)OCC(O)CO. The van der Waals surface area contributed by atoms with Crippen LogP contribution in [0.2, 0.25) is 0 Å². The Labute approximate surface area is 201 Å². The highest BCUT2D eigenvalue weighted by Crippen LogP contribution is 2.12. The standard InChI is InChI=1S/C24H46O6.C2H6O/c25-19-22(27)17-15-13-11-9-7-5-3-1-2-4-6-8-10-12-14-16-18-24(29)30-21-23(28)20-26;1-2-3/h2,4,22-23,25-28H,1,3,5-21H2;3H,2H2,1H3/b4-2-;. The molecule has 0 saturated heterocycles. The molecule has 7 nitrogen and oxygen atoms in total. The maximum absolute atomic E-state index is 11.4. The highest BCUT2D eigenvalue weighted by molar-refractivity contribution is 5.69. The molecule has 5 N–H and O–H groups in total. The van der Waals surface area contributed by atoms with Crippen LogP contribution in [0.15, 0.2) is 12.2 Å². The lowest BCUT2D eigenvalue weighted by atomic mass is 10.1. The van der Waals surface area contributed by atoms with Crippen molar-refractivity contribution in [1.29, 1.82) is 0 Å². The van der Waals surface area contributed by atoms with E-state index in [1.54, 1.807) is 6.92 Å². The van der Waals surface area contributed by atoms with Crippen molar-refractivity contribution in [2.75, 3.05) is 26.4 Å². The van der Waals surface area contributed by atoms with E-state index in [2.05, 4.69) is 12.2 Å². The first-order valence-corrected chi connectivity index (χ1v) is 13.0. The number of rotatable bonds is 22. The van der Waals surface area contributed by atoms with Crippen LogP contribution in [0.25, 0.3) is 0 Å². The third kappa shape index (κ3) is 31.0. The largest absolute Gasteiger partial charge is 0.463 e. The van der Waals surface area contributed by atoms with E-state index in [1.807, 2.05) is 0 Å². The Morgan fingerprint density at radius 2 is 1.12 bits per heavy atom. The smallest absolute Gasteiger partial charge is 0.305 e. The second-order valence-electron chi connectivity index (χ2n) is 8.50. The molecule has 0 aromatic rings. The maximum Gasteiger partial charge on any atom is 0.305 e. The van der Waals surface area contributed by atoms with Gasteiger partial charge in [-0.25, -0.2) is 0 Å². The van der Waals surface area contributed by atoms with Gasteiger partial charge in [0.25, 0.3) is 0 Å². The molecule has 7 heteroatoms. The summed E-state index contributed by atoms with van der Waals surface area (Å²) in [5.74, 6) is -0.302. The van der Waals surface area contributed by atoms with Gasteiger partial charge in [-0.05, 0) is 45.4 Å². The van der Waals surface area contributed by atoms with Crippen LogP contribution in [-0.4, -0.2) is 70.1 Å². The van der Waals surface area contributed by atoms with Crippen LogP contribution >= 0.6 is 0 Å². The third-order valence-corrected chi connectivity index (χ3v) is 5.18. The molecular weight excluding hydrogens is 424 g/mol. The monoisotopic (exact) mass is 476 g/mol. The first-order valence-electron chi connectivity index (χ1n) is 13.0. The van der Waals surface area contributed by atoms with E-state index in [-0.39, 0.29) is 32.4 Å². The number of carbonyl (C=O) groups excluding carboxylic acids is 1. The summed E-state index contributed by atoms with van der Waals surface area (Å²) in [6.07, 6.45) is 20.3. The van der Waals surface area contributed by atoms with Crippen LogP contribution in [0.3, 0.4) is 0 Å². The number of aliphatic hydroxyl groups is 5. The minimum Gasteiger partial charge on any atom is -0.463 e. The normalized spacial score (nSPS) is 12.9. The van der Waals surface area contributed by atoms with E-state index >= 15 is 0 Å². The zero-order valence-corrected chi connectivity index (χ0v) is 21.0. The Morgan fingerprint density at radius 1 is 0.697 bits per heavy atom. The highest BCUT2D eigenvalue weighted by Gasteiger charge is 2.07. The number of unbranched alkanes of at least 4 members (excludes halogenated alkanes) is 12. The second-order valence-corrected chi connectivity index (χ2v) is 8.50. The van der Waals surface area contributed by atoms with Crippen molar-refractivity contribution in [3.63, 3.8) is 0 Å². The number of allylic oxidation sites excluding steroid dienone is 2. The zero-order valence-electron chi connectivity index (χ0n) is 21.0. The molecule has 2 unspecified atom stereocenters. The fourth-order valence-corrected chi connectivity index (χ4v) is 3.23. The Morgan fingerprint density at radius 3 is 1.61 bits per heavy atom.